The highest BCUT2D eigenvalue weighted by Crippen LogP contribution is 2.31. The van der Waals surface area contributed by atoms with Crippen molar-refractivity contribution < 1.29 is 4.74 Å². The largest absolute Gasteiger partial charge is 0.497 e. The van der Waals surface area contributed by atoms with E-state index in [1.165, 1.54) is 0 Å². The van der Waals surface area contributed by atoms with Gasteiger partial charge in [0.15, 0.2) is 0 Å². The minimum Gasteiger partial charge on any atom is -0.497 e. The van der Waals surface area contributed by atoms with Crippen LogP contribution in [-0.4, -0.2) is 32.7 Å². The van der Waals surface area contributed by atoms with Gasteiger partial charge in [-0.25, -0.2) is 4.98 Å². The summed E-state index contributed by atoms with van der Waals surface area (Å²) >= 11 is 1.57. The average molecular weight is 401 g/mol. The highest BCUT2D eigenvalue weighted by atomic mass is 32.1. The number of anilines is 1. The Bertz CT molecular complexity index is 1190. The molecule has 9 heteroatoms. The van der Waals surface area contributed by atoms with E-state index in [0.29, 0.717) is 0 Å². The Morgan fingerprint density at radius 2 is 2.07 bits per heavy atom. The van der Waals surface area contributed by atoms with E-state index in [4.69, 9.17) is 9.72 Å². The van der Waals surface area contributed by atoms with Gasteiger partial charge in [0, 0.05) is 28.4 Å². The van der Waals surface area contributed by atoms with Crippen LogP contribution >= 0.6 is 11.3 Å². The second-order valence-corrected chi connectivity index (χ2v) is 6.76. The normalized spacial score (nSPS) is 11.1. The maximum Gasteiger partial charge on any atom is 0.216 e. The van der Waals surface area contributed by atoms with Crippen LogP contribution in [0.3, 0.4) is 0 Å². The number of allylic oxidation sites excluding steroid dienone is 1. The number of aromatic amines is 1. The molecular weight excluding hydrogens is 386 g/mol. The van der Waals surface area contributed by atoms with Gasteiger partial charge < -0.3 is 10.1 Å². The lowest BCUT2D eigenvalue weighted by atomic mass is 10.1. The molecule has 0 atom stereocenters. The van der Waals surface area contributed by atoms with Crippen molar-refractivity contribution in [1.29, 1.82) is 5.26 Å². The van der Waals surface area contributed by atoms with E-state index in [1.54, 1.807) is 24.6 Å². The molecule has 2 aromatic carbocycles. The van der Waals surface area contributed by atoms with Gasteiger partial charge in [0.2, 0.25) is 5.82 Å². The Morgan fingerprint density at radius 1 is 1.21 bits per heavy atom. The van der Waals surface area contributed by atoms with Crippen LogP contribution in [0.15, 0.2) is 60.1 Å². The molecule has 2 heterocycles. The number of H-pyrrole nitrogens is 1. The lowest BCUT2D eigenvalue weighted by Gasteiger charge is -2.04. The van der Waals surface area contributed by atoms with Crippen LogP contribution in [0.5, 0.6) is 5.75 Å². The number of benzene rings is 2. The van der Waals surface area contributed by atoms with Crippen LogP contribution < -0.4 is 10.1 Å². The van der Waals surface area contributed by atoms with Crippen molar-refractivity contribution in [3.8, 4) is 33.6 Å². The van der Waals surface area contributed by atoms with Gasteiger partial charge in [-0.15, -0.1) is 21.5 Å². The fraction of sp³-hybridized carbons (Fsp3) is 0.0500. The number of nitriles is 1. The molecule has 0 bridgehead atoms. The van der Waals surface area contributed by atoms with E-state index in [-0.39, 0.29) is 11.4 Å². The van der Waals surface area contributed by atoms with Gasteiger partial charge in [0.25, 0.3) is 0 Å². The predicted octanol–water partition coefficient (Wildman–Crippen LogP) is 3.98. The van der Waals surface area contributed by atoms with E-state index >= 15 is 0 Å². The summed E-state index contributed by atoms with van der Waals surface area (Å²) in [7, 11) is 1.65. The molecule has 0 fully saturated rings. The first-order valence-corrected chi connectivity index (χ1v) is 9.46. The maximum atomic E-state index is 9.26. The fourth-order valence-corrected chi connectivity index (χ4v) is 3.47. The summed E-state index contributed by atoms with van der Waals surface area (Å²) in [5.74, 6) is 1.03. The molecule has 0 radical (unpaired) electrons. The molecule has 142 valence electrons. The van der Waals surface area contributed by atoms with Crippen LogP contribution in [0, 0.1) is 11.3 Å². The number of hydrogen-bond donors (Lipinski definition) is 2. The molecule has 2 aromatic heterocycles. The summed E-state index contributed by atoms with van der Waals surface area (Å²) in [5.41, 5.74) is 3.96. The molecule has 29 heavy (non-hydrogen) atoms. The van der Waals surface area contributed by atoms with Gasteiger partial charge in [-0.2, -0.15) is 10.5 Å². The van der Waals surface area contributed by atoms with Crippen molar-refractivity contribution in [3.63, 3.8) is 0 Å². The number of ether oxygens (including phenoxy) is 1. The highest BCUT2D eigenvalue weighted by Gasteiger charge is 2.09. The van der Waals surface area contributed by atoms with Crippen molar-refractivity contribution in [3.05, 3.63) is 65.9 Å². The Kier molecular flexibility index (Phi) is 5.27. The summed E-state index contributed by atoms with van der Waals surface area (Å²) in [5, 5.41) is 28.7. The Morgan fingerprint density at radius 3 is 2.86 bits per heavy atom. The first kappa shape index (κ1) is 18.3. The van der Waals surface area contributed by atoms with Crippen molar-refractivity contribution in [2.24, 2.45) is 0 Å². The lowest BCUT2D eigenvalue weighted by Crippen LogP contribution is -1.93. The average Bonchev–Trinajstić information content (AvgIpc) is 3.47. The van der Waals surface area contributed by atoms with E-state index in [2.05, 4.69) is 25.9 Å². The van der Waals surface area contributed by atoms with Crippen LogP contribution in [0.1, 0.15) is 5.82 Å². The van der Waals surface area contributed by atoms with E-state index < -0.39 is 0 Å². The second-order valence-electron chi connectivity index (χ2n) is 5.90. The van der Waals surface area contributed by atoms with Crippen molar-refractivity contribution in [2.45, 2.75) is 0 Å². The number of thiazole rings is 1. The smallest absolute Gasteiger partial charge is 0.216 e. The van der Waals surface area contributed by atoms with Crippen LogP contribution in [-0.2, 0) is 0 Å². The Labute approximate surface area is 170 Å². The predicted molar refractivity (Wildman–Crippen MR) is 111 cm³/mol. The minimum atomic E-state index is 0.235. The standard InChI is InChI=1S/C20H15N7OS/c1-28-17-7-3-4-13(9-17)18-12-29-20(23-18)14-5-2-6-16(8-14)22-11-15(10-21)19-24-26-27-25-19/h2-9,11-12,22H,1H3,(H,24,25,26,27). The number of nitrogens with zero attached hydrogens (tertiary/aromatic N) is 5. The molecule has 0 spiro atoms. The summed E-state index contributed by atoms with van der Waals surface area (Å²) in [6, 6.07) is 17.7. The van der Waals surface area contributed by atoms with E-state index in [9.17, 15) is 5.26 Å². The topological polar surface area (TPSA) is 112 Å². The van der Waals surface area contributed by atoms with Crippen molar-refractivity contribution in [2.75, 3.05) is 12.4 Å². The van der Waals surface area contributed by atoms with Crippen LogP contribution in [0.25, 0.3) is 27.4 Å². The van der Waals surface area contributed by atoms with Crippen LogP contribution in [0.2, 0.25) is 0 Å². The number of methoxy groups -OCH3 is 1. The zero-order valence-electron chi connectivity index (χ0n) is 15.3. The summed E-state index contributed by atoms with van der Waals surface area (Å²) in [6.45, 7) is 0. The fourth-order valence-electron chi connectivity index (χ4n) is 2.64. The van der Waals surface area contributed by atoms with Gasteiger partial charge in [-0.1, -0.05) is 24.3 Å². The lowest BCUT2D eigenvalue weighted by molar-refractivity contribution is 0.415. The third kappa shape index (κ3) is 4.12. The minimum absolute atomic E-state index is 0.235. The first-order valence-electron chi connectivity index (χ1n) is 8.58. The molecule has 0 unspecified atom stereocenters. The summed E-state index contributed by atoms with van der Waals surface area (Å²) < 4.78 is 5.29. The zero-order chi connectivity index (χ0) is 20.1. The monoisotopic (exact) mass is 401 g/mol. The van der Waals surface area contributed by atoms with Crippen LogP contribution in [0.4, 0.5) is 5.69 Å². The molecule has 2 N–H and O–H groups in total. The molecular formula is C20H15N7OS. The summed E-state index contributed by atoms with van der Waals surface area (Å²) in [4.78, 5) is 4.75. The number of rotatable bonds is 6. The van der Waals surface area contributed by atoms with Gasteiger partial charge in [0.05, 0.1) is 12.8 Å². The molecule has 0 aliphatic carbocycles. The third-order valence-electron chi connectivity index (χ3n) is 4.07. The van der Waals surface area contributed by atoms with E-state index in [0.717, 1.165) is 33.3 Å². The van der Waals surface area contributed by atoms with Crippen molar-refractivity contribution in [1.82, 2.24) is 25.6 Å². The van der Waals surface area contributed by atoms with E-state index in [1.807, 2.05) is 60.0 Å². The first-order chi connectivity index (χ1) is 14.3. The molecule has 0 saturated carbocycles. The second kappa shape index (κ2) is 8.33. The number of nitrogens with one attached hydrogen (secondary N) is 2. The summed E-state index contributed by atoms with van der Waals surface area (Å²) in [6.07, 6.45) is 1.55. The SMILES string of the molecule is COc1cccc(-c2csc(-c3cccc(NC=C(C#N)c4nn[nH]n4)c3)n2)c1. The maximum absolute atomic E-state index is 9.26. The van der Waals surface area contributed by atoms with Crippen molar-refractivity contribution >= 4 is 22.6 Å². The van der Waals surface area contributed by atoms with Gasteiger partial charge in [-0.3, -0.25) is 0 Å². The quantitative estimate of drug-likeness (QED) is 0.470. The number of tetrazole rings is 1. The molecule has 0 saturated heterocycles. The molecule has 4 rings (SSSR count). The molecule has 0 aliphatic heterocycles. The molecule has 8 nitrogen and oxygen atoms in total. The zero-order valence-corrected chi connectivity index (χ0v) is 16.1. The number of aromatic nitrogens is 5. The molecule has 0 amide bonds. The van der Waals surface area contributed by atoms with Gasteiger partial charge >= 0.3 is 0 Å². The molecule has 4 aromatic rings. The Hall–Kier alpha value is -4.03. The highest BCUT2D eigenvalue weighted by molar-refractivity contribution is 7.13. The van der Waals surface area contributed by atoms with Gasteiger partial charge in [0.1, 0.15) is 22.4 Å². The molecule has 0 aliphatic rings. The van der Waals surface area contributed by atoms with Gasteiger partial charge in [-0.05, 0) is 29.5 Å². The Balaban J connectivity index is 1.56. The third-order valence-corrected chi connectivity index (χ3v) is 4.96. The number of hydrogen-bond acceptors (Lipinski definition) is 8.